The van der Waals surface area contributed by atoms with E-state index in [-0.39, 0.29) is 0 Å². The third-order valence-electron chi connectivity index (χ3n) is 4.76. The number of nitriles is 1. The van der Waals surface area contributed by atoms with Gasteiger partial charge >= 0.3 is 0 Å². The smallest absolute Gasteiger partial charge is 0.229 e. The molecule has 1 aliphatic carbocycles. The molecule has 0 saturated heterocycles. The van der Waals surface area contributed by atoms with Crippen molar-refractivity contribution >= 4 is 0 Å². The molecule has 23 heavy (non-hydrogen) atoms. The number of nitrogens with zero attached hydrogens (tertiary/aromatic N) is 6. The van der Waals surface area contributed by atoms with Crippen LogP contribution in [0.1, 0.15) is 61.1 Å². The summed E-state index contributed by atoms with van der Waals surface area (Å²) in [6.07, 6.45) is 5.87. The molecule has 0 amide bonds. The second kappa shape index (κ2) is 6.13. The lowest BCUT2D eigenvalue weighted by atomic mass is 10.1. The van der Waals surface area contributed by atoms with Crippen molar-refractivity contribution in [2.75, 3.05) is 6.54 Å². The Balaban J connectivity index is 1.45. The Kier molecular flexibility index (Phi) is 3.83. The largest absolute Gasteiger partial charge is 0.339 e. The Morgan fingerprint density at radius 1 is 1.26 bits per heavy atom. The number of hydrogen-bond acceptors (Lipinski definition) is 6. The Morgan fingerprint density at radius 2 is 2.13 bits per heavy atom. The van der Waals surface area contributed by atoms with Gasteiger partial charge in [-0.3, -0.25) is 9.58 Å². The molecule has 0 aromatic carbocycles. The standard InChI is InChI=1S/C16H20N6O/c17-9-13-8-14-10-21(6-3-7-22(14)19-13)11-15-18-16(23-20-15)12-4-1-2-5-12/h8,12H,1-7,10-11H2. The van der Waals surface area contributed by atoms with Crippen LogP contribution in [0.3, 0.4) is 0 Å². The first kappa shape index (κ1) is 14.4. The Hall–Kier alpha value is -2.20. The van der Waals surface area contributed by atoms with Crippen molar-refractivity contribution in [3.8, 4) is 6.07 Å². The highest BCUT2D eigenvalue weighted by Gasteiger charge is 2.24. The fraction of sp³-hybridized carbons (Fsp3) is 0.625. The summed E-state index contributed by atoms with van der Waals surface area (Å²) < 4.78 is 7.41. The minimum absolute atomic E-state index is 0.458. The molecule has 0 unspecified atom stereocenters. The molecule has 7 heteroatoms. The third kappa shape index (κ3) is 2.99. The predicted octanol–water partition coefficient (Wildman–Crippen LogP) is 2.20. The van der Waals surface area contributed by atoms with E-state index in [1.807, 2.05) is 10.7 Å². The lowest BCUT2D eigenvalue weighted by Gasteiger charge is -2.16. The first-order valence-electron chi connectivity index (χ1n) is 8.33. The maximum Gasteiger partial charge on any atom is 0.229 e. The molecule has 4 rings (SSSR count). The highest BCUT2D eigenvalue weighted by molar-refractivity contribution is 5.22. The molecule has 2 aromatic heterocycles. The maximum absolute atomic E-state index is 8.99. The lowest BCUT2D eigenvalue weighted by molar-refractivity contribution is 0.249. The number of hydrogen-bond donors (Lipinski definition) is 0. The van der Waals surface area contributed by atoms with Gasteiger partial charge < -0.3 is 4.52 Å². The van der Waals surface area contributed by atoms with Crippen LogP contribution in [0.25, 0.3) is 0 Å². The summed E-state index contributed by atoms with van der Waals surface area (Å²) in [7, 11) is 0. The molecule has 120 valence electrons. The van der Waals surface area contributed by atoms with Crippen LogP contribution in [0, 0.1) is 11.3 Å². The highest BCUT2D eigenvalue weighted by Crippen LogP contribution is 2.33. The van der Waals surface area contributed by atoms with E-state index in [9.17, 15) is 0 Å². The van der Waals surface area contributed by atoms with E-state index in [4.69, 9.17) is 9.78 Å². The summed E-state index contributed by atoms with van der Waals surface area (Å²) in [6.45, 7) is 3.27. The zero-order valence-electron chi connectivity index (χ0n) is 13.1. The average molecular weight is 312 g/mol. The zero-order valence-corrected chi connectivity index (χ0v) is 13.1. The predicted molar refractivity (Wildman–Crippen MR) is 81.2 cm³/mol. The van der Waals surface area contributed by atoms with Crippen molar-refractivity contribution in [2.24, 2.45) is 0 Å². The van der Waals surface area contributed by atoms with Crippen molar-refractivity contribution < 1.29 is 4.52 Å². The SMILES string of the molecule is N#Cc1cc2n(n1)CCCN(Cc1noc(C3CCCC3)n1)C2. The van der Waals surface area contributed by atoms with Crippen molar-refractivity contribution in [1.29, 1.82) is 5.26 Å². The second-order valence-electron chi connectivity index (χ2n) is 6.45. The molecular formula is C16H20N6O. The van der Waals surface area contributed by atoms with Crippen LogP contribution < -0.4 is 0 Å². The molecule has 1 fully saturated rings. The summed E-state index contributed by atoms with van der Waals surface area (Å²) >= 11 is 0. The molecule has 1 aliphatic heterocycles. The minimum Gasteiger partial charge on any atom is -0.339 e. The van der Waals surface area contributed by atoms with Crippen molar-refractivity contribution in [2.45, 2.75) is 57.7 Å². The van der Waals surface area contributed by atoms with Gasteiger partial charge in [0.25, 0.3) is 0 Å². The number of fused-ring (bicyclic) bond motifs is 1. The molecule has 0 N–H and O–H groups in total. The average Bonchev–Trinajstić information content (AvgIpc) is 3.26. The van der Waals surface area contributed by atoms with Gasteiger partial charge in [0.15, 0.2) is 11.5 Å². The van der Waals surface area contributed by atoms with Crippen molar-refractivity contribution in [3.63, 3.8) is 0 Å². The van der Waals surface area contributed by atoms with E-state index in [0.29, 0.717) is 18.2 Å². The Morgan fingerprint density at radius 3 is 2.96 bits per heavy atom. The van der Waals surface area contributed by atoms with E-state index in [1.165, 1.54) is 25.7 Å². The third-order valence-corrected chi connectivity index (χ3v) is 4.76. The molecular weight excluding hydrogens is 292 g/mol. The van der Waals surface area contributed by atoms with Gasteiger partial charge in [0.2, 0.25) is 5.89 Å². The topological polar surface area (TPSA) is 83.8 Å². The number of aromatic nitrogens is 4. The minimum atomic E-state index is 0.458. The van der Waals surface area contributed by atoms with E-state index < -0.39 is 0 Å². The van der Waals surface area contributed by atoms with Crippen LogP contribution in [0.4, 0.5) is 0 Å². The number of rotatable bonds is 3. The second-order valence-corrected chi connectivity index (χ2v) is 6.45. The first-order chi connectivity index (χ1) is 11.3. The molecule has 7 nitrogen and oxygen atoms in total. The van der Waals surface area contributed by atoms with E-state index >= 15 is 0 Å². The quantitative estimate of drug-likeness (QED) is 0.864. The summed E-state index contributed by atoms with van der Waals surface area (Å²) in [5, 5.41) is 17.5. The molecule has 0 spiro atoms. The molecule has 0 bridgehead atoms. The van der Waals surface area contributed by atoms with Crippen molar-refractivity contribution in [3.05, 3.63) is 29.2 Å². The summed E-state index contributed by atoms with van der Waals surface area (Å²) in [4.78, 5) is 6.90. The van der Waals surface area contributed by atoms with Gasteiger partial charge in [0.1, 0.15) is 6.07 Å². The van der Waals surface area contributed by atoms with Crippen LogP contribution in [-0.2, 0) is 19.6 Å². The molecule has 0 radical (unpaired) electrons. The van der Waals surface area contributed by atoms with Gasteiger partial charge in [-0.05, 0) is 25.3 Å². The van der Waals surface area contributed by atoms with E-state index in [2.05, 4.69) is 26.2 Å². The fourth-order valence-corrected chi connectivity index (χ4v) is 3.59. The monoisotopic (exact) mass is 312 g/mol. The van der Waals surface area contributed by atoms with Gasteiger partial charge in [-0.15, -0.1) is 0 Å². The molecule has 2 aromatic rings. The molecule has 1 saturated carbocycles. The lowest BCUT2D eigenvalue weighted by Crippen LogP contribution is -2.23. The van der Waals surface area contributed by atoms with Gasteiger partial charge in [-0.2, -0.15) is 15.3 Å². The highest BCUT2D eigenvalue weighted by atomic mass is 16.5. The van der Waals surface area contributed by atoms with E-state index in [1.54, 1.807) is 0 Å². The Labute approximate surface area is 134 Å². The molecule has 2 aliphatic rings. The molecule has 3 heterocycles. The van der Waals surface area contributed by atoms with Crippen LogP contribution in [0.2, 0.25) is 0 Å². The number of aryl methyl sites for hydroxylation is 1. The fourth-order valence-electron chi connectivity index (χ4n) is 3.59. The summed E-state index contributed by atoms with van der Waals surface area (Å²) in [5.74, 6) is 2.03. The van der Waals surface area contributed by atoms with Crippen molar-refractivity contribution in [1.82, 2.24) is 24.8 Å². The van der Waals surface area contributed by atoms with Gasteiger partial charge in [0.05, 0.1) is 12.2 Å². The van der Waals surface area contributed by atoms with Crippen LogP contribution in [0.5, 0.6) is 0 Å². The van der Waals surface area contributed by atoms with E-state index in [0.717, 1.165) is 43.5 Å². The maximum atomic E-state index is 8.99. The first-order valence-corrected chi connectivity index (χ1v) is 8.33. The van der Waals surface area contributed by atoms with Crippen LogP contribution in [0.15, 0.2) is 10.6 Å². The van der Waals surface area contributed by atoms with Gasteiger partial charge in [-0.1, -0.05) is 18.0 Å². The summed E-state index contributed by atoms with van der Waals surface area (Å²) in [6, 6.07) is 3.99. The van der Waals surface area contributed by atoms with Gasteiger partial charge in [-0.25, -0.2) is 0 Å². The Bertz CT molecular complexity index is 721. The normalized spacial score (nSPS) is 19.4. The van der Waals surface area contributed by atoms with Crippen LogP contribution >= 0.6 is 0 Å². The summed E-state index contributed by atoms with van der Waals surface area (Å²) in [5.41, 5.74) is 1.57. The van der Waals surface area contributed by atoms with Crippen LogP contribution in [-0.4, -0.2) is 31.4 Å². The van der Waals surface area contributed by atoms with Gasteiger partial charge in [0, 0.05) is 25.6 Å². The molecule has 0 atom stereocenters. The zero-order chi connectivity index (χ0) is 15.6.